The molecule has 0 spiro atoms. The molecular formula is C8H9NO3. The number of rotatable bonds is 3. The highest BCUT2D eigenvalue weighted by Gasteiger charge is 1.92. The van der Waals surface area contributed by atoms with Crippen molar-refractivity contribution >= 4 is 11.9 Å². The van der Waals surface area contributed by atoms with Crippen LogP contribution in [0.15, 0.2) is 12.2 Å². The molecule has 0 unspecified atom stereocenters. The van der Waals surface area contributed by atoms with Crippen LogP contribution in [0.3, 0.4) is 0 Å². The molecule has 0 aliphatic heterocycles. The van der Waals surface area contributed by atoms with Gasteiger partial charge >= 0.3 is 5.97 Å². The van der Waals surface area contributed by atoms with Crippen LogP contribution >= 0.6 is 0 Å². The first-order valence-electron chi connectivity index (χ1n) is 3.25. The molecule has 0 aromatic carbocycles. The van der Waals surface area contributed by atoms with Gasteiger partial charge in [-0.25, -0.2) is 4.79 Å². The predicted molar refractivity (Wildman–Crippen MR) is 43.2 cm³/mol. The van der Waals surface area contributed by atoms with Gasteiger partial charge in [0.1, 0.15) is 0 Å². The molecular weight excluding hydrogens is 158 g/mol. The smallest absolute Gasteiger partial charge is 0.328 e. The van der Waals surface area contributed by atoms with Gasteiger partial charge in [0, 0.05) is 12.2 Å². The van der Waals surface area contributed by atoms with E-state index in [1.54, 1.807) is 6.92 Å². The fraction of sp³-hybridized carbons (Fsp3) is 0.250. The molecule has 0 atom stereocenters. The second kappa shape index (κ2) is 5.98. The summed E-state index contributed by atoms with van der Waals surface area (Å²) < 4.78 is 0. The highest BCUT2D eigenvalue weighted by atomic mass is 16.4. The Balaban J connectivity index is 3.72. The van der Waals surface area contributed by atoms with Crippen molar-refractivity contribution in [3.8, 4) is 11.8 Å². The second-order valence-corrected chi connectivity index (χ2v) is 1.82. The van der Waals surface area contributed by atoms with Crippen molar-refractivity contribution in [1.29, 1.82) is 0 Å². The number of carbonyl (C=O) groups is 2. The van der Waals surface area contributed by atoms with Gasteiger partial charge in [-0.05, 0) is 6.92 Å². The van der Waals surface area contributed by atoms with Crippen LogP contribution in [0.1, 0.15) is 6.92 Å². The number of hydrogen-bond acceptors (Lipinski definition) is 2. The van der Waals surface area contributed by atoms with Crippen LogP contribution in [0.5, 0.6) is 0 Å². The lowest BCUT2D eigenvalue weighted by Crippen LogP contribution is -2.21. The molecule has 0 radical (unpaired) electrons. The molecule has 1 amide bonds. The number of carboxylic acids is 1. The second-order valence-electron chi connectivity index (χ2n) is 1.82. The maximum atomic E-state index is 10.7. The van der Waals surface area contributed by atoms with E-state index in [9.17, 15) is 9.59 Å². The Hall–Kier alpha value is -1.76. The summed E-state index contributed by atoms with van der Waals surface area (Å²) >= 11 is 0. The molecule has 4 heteroatoms. The van der Waals surface area contributed by atoms with Gasteiger partial charge in [0.15, 0.2) is 0 Å². The van der Waals surface area contributed by atoms with Gasteiger partial charge in [-0.2, -0.15) is 0 Å². The number of carbonyl (C=O) groups excluding carboxylic acids is 1. The zero-order valence-electron chi connectivity index (χ0n) is 6.63. The summed E-state index contributed by atoms with van der Waals surface area (Å²) in [5, 5.41) is 10.5. The van der Waals surface area contributed by atoms with Crippen molar-refractivity contribution in [2.24, 2.45) is 0 Å². The third-order valence-electron chi connectivity index (χ3n) is 0.905. The minimum atomic E-state index is -1.15. The Kier molecular flexibility index (Phi) is 5.11. The molecule has 0 saturated carbocycles. The standard InChI is InChI=1S/C8H9NO3/c1-2-3-6-9-7(10)4-5-8(11)12/h4-5H,6H2,1H3,(H,9,10)(H,11,12)/b5-4+. The van der Waals surface area contributed by atoms with E-state index in [1.165, 1.54) is 0 Å². The summed E-state index contributed by atoms with van der Waals surface area (Å²) in [6, 6.07) is 0. The lowest BCUT2D eigenvalue weighted by molar-refractivity contribution is -0.131. The fourth-order valence-electron chi connectivity index (χ4n) is 0.426. The average molecular weight is 167 g/mol. The Morgan fingerprint density at radius 3 is 2.67 bits per heavy atom. The van der Waals surface area contributed by atoms with E-state index < -0.39 is 11.9 Å². The van der Waals surface area contributed by atoms with Crippen LogP contribution in [0.25, 0.3) is 0 Å². The van der Waals surface area contributed by atoms with Crippen LogP contribution in [0, 0.1) is 11.8 Å². The zero-order valence-corrected chi connectivity index (χ0v) is 6.63. The molecule has 0 saturated heterocycles. The van der Waals surface area contributed by atoms with Gasteiger partial charge < -0.3 is 10.4 Å². The van der Waals surface area contributed by atoms with Gasteiger partial charge in [-0.3, -0.25) is 4.79 Å². The maximum Gasteiger partial charge on any atom is 0.328 e. The third kappa shape index (κ3) is 6.36. The number of nitrogens with one attached hydrogen (secondary N) is 1. The molecule has 2 N–H and O–H groups in total. The molecule has 4 nitrogen and oxygen atoms in total. The van der Waals surface area contributed by atoms with Crippen molar-refractivity contribution in [1.82, 2.24) is 5.32 Å². The molecule has 0 aromatic rings. The van der Waals surface area contributed by atoms with E-state index in [0.29, 0.717) is 0 Å². The molecule has 0 fully saturated rings. The largest absolute Gasteiger partial charge is 0.478 e. The number of carboxylic acid groups (broad SMARTS) is 1. The van der Waals surface area contributed by atoms with Crippen molar-refractivity contribution in [3.05, 3.63) is 12.2 Å². The zero-order chi connectivity index (χ0) is 9.40. The number of amides is 1. The van der Waals surface area contributed by atoms with E-state index >= 15 is 0 Å². The predicted octanol–water partition coefficient (Wildman–Crippen LogP) is -0.233. The van der Waals surface area contributed by atoms with E-state index in [-0.39, 0.29) is 6.54 Å². The van der Waals surface area contributed by atoms with Crippen LogP contribution in [0.4, 0.5) is 0 Å². The quantitative estimate of drug-likeness (QED) is 0.450. The summed E-state index contributed by atoms with van der Waals surface area (Å²) in [5.41, 5.74) is 0. The lowest BCUT2D eigenvalue weighted by atomic mass is 10.4. The minimum absolute atomic E-state index is 0.235. The maximum absolute atomic E-state index is 10.7. The molecule has 0 aliphatic carbocycles. The SMILES string of the molecule is CC#CCNC(=O)/C=C/C(=O)O. The van der Waals surface area contributed by atoms with Gasteiger partial charge in [0.05, 0.1) is 6.54 Å². The first-order chi connectivity index (χ1) is 5.66. The summed E-state index contributed by atoms with van der Waals surface area (Å²) in [6.07, 6.45) is 1.72. The van der Waals surface area contributed by atoms with Crippen molar-refractivity contribution < 1.29 is 14.7 Å². The Morgan fingerprint density at radius 2 is 2.17 bits per heavy atom. The van der Waals surface area contributed by atoms with Crippen LogP contribution in [0.2, 0.25) is 0 Å². The van der Waals surface area contributed by atoms with Gasteiger partial charge in [-0.1, -0.05) is 5.92 Å². The summed E-state index contributed by atoms with van der Waals surface area (Å²) in [6.45, 7) is 1.89. The van der Waals surface area contributed by atoms with Gasteiger partial charge in [-0.15, -0.1) is 5.92 Å². The molecule has 0 rings (SSSR count). The van der Waals surface area contributed by atoms with Gasteiger partial charge in [0.2, 0.25) is 5.91 Å². The van der Waals surface area contributed by atoms with Crippen LogP contribution < -0.4 is 5.32 Å². The molecule has 12 heavy (non-hydrogen) atoms. The van der Waals surface area contributed by atoms with E-state index in [4.69, 9.17) is 5.11 Å². The van der Waals surface area contributed by atoms with E-state index in [0.717, 1.165) is 12.2 Å². The topological polar surface area (TPSA) is 66.4 Å². The molecule has 0 aliphatic rings. The Morgan fingerprint density at radius 1 is 1.50 bits per heavy atom. The minimum Gasteiger partial charge on any atom is -0.478 e. The summed E-state index contributed by atoms with van der Waals surface area (Å²) in [5.74, 6) is 3.58. The molecule has 0 bridgehead atoms. The monoisotopic (exact) mass is 167 g/mol. The number of aliphatic carboxylic acids is 1. The first kappa shape index (κ1) is 10.2. The first-order valence-corrected chi connectivity index (χ1v) is 3.25. The average Bonchev–Trinajstić information content (AvgIpc) is 2.01. The Bertz CT molecular complexity index is 257. The van der Waals surface area contributed by atoms with E-state index in [1.807, 2.05) is 0 Å². The third-order valence-corrected chi connectivity index (χ3v) is 0.905. The fourth-order valence-corrected chi connectivity index (χ4v) is 0.426. The van der Waals surface area contributed by atoms with Crippen LogP contribution in [-0.2, 0) is 9.59 Å². The summed E-state index contributed by atoms with van der Waals surface area (Å²) in [4.78, 5) is 20.6. The molecule has 64 valence electrons. The normalized spacial score (nSPS) is 8.75. The number of hydrogen-bond donors (Lipinski definition) is 2. The van der Waals surface area contributed by atoms with Crippen molar-refractivity contribution in [2.45, 2.75) is 6.92 Å². The lowest BCUT2D eigenvalue weighted by Gasteiger charge is -1.92. The van der Waals surface area contributed by atoms with Crippen molar-refractivity contribution in [2.75, 3.05) is 6.54 Å². The Labute approximate surface area is 70.3 Å². The van der Waals surface area contributed by atoms with Crippen molar-refractivity contribution in [3.63, 3.8) is 0 Å². The highest BCUT2D eigenvalue weighted by Crippen LogP contribution is 1.73. The van der Waals surface area contributed by atoms with Crippen LogP contribution in [-0.4, -0.2) is 23.5 Å². The summed E-state index contributed by atoms with van der Waals surface area (Å²) in [7, 11) is 0. The van der Waals surface area contributed by atoms with E-state index in [2.05, 4.69) is 17.2 Å². The van der Waals surface area contributed by atoms with Gasteiger partial charge in [0.25, 0.3) is 0 Å². The molecule has 0 aromatic heterocycles. The highest BCUT2D eigenvalue weighted by molar-refractivity contribution is 5.93. The molecule has 0 heterocycles.